The van der Waals surface area contributed by atoms with Crippen molar-refractivity contribution in [2.75, 3.05) is 36.4 Å². The van der Waals surface area contributed by atoms with E-state index in [0.29, 0.717) is 6.54 Å². The van der Waals surface area contributed by atoms with E-state index < -0.39 is 5.97 Å². The van der Waals surface area contributed by atoms with Crippen LogP contribution in [0.5, 0.6) is 0 Å². The fraction of sp³-hybridized carbons (Fsp3) is 0.308. The molecule has 1 aliphatic heterocycles. The minimum Gasteiger partial charge on any atom is -0.481 e. The van der Waals surface area contributed by atoms with E-state index in [-0.39, 0.29) is 12.3 Å². The van der Waals surface area contributed by atoms with Crippen molar-refractivity contribution in [2.45, 2.75) is 25.3 Å². The second kappa shape index (κ2) is 10.8. The van der Waals surface area contributed by atoms with Gasteiger partial charge in [-0.3, -0.25) is 4.79 Å². The number of hydrogen-bond acceptors (Lipinski definition) is 5. The molecule has 166 valence electrons. The van der Waals surface area contributed by atoms with Gasteiger partial charge in [0.1, 0.15) is 5.82 Å². The Morgan fingerprint density at radius 1 is 1.06 bits per heavy atom. The van der Waals surface area contributed by atoms with Crippen molar-refractivity contribution < 1.29 is 9.90 Å². The van der Waals surface area contributed by atoms with Crippen LogP contribution >= 0.6 is 0 Å². The third kappa shape index (κ3) is 5.86. The monoisotopic (exact) mass is 430 g/mol. The second-order valence-electron chi connectivity index (χ2n) is 8.18. The van der Waals surface area contributed by atoms with Crippen LogP contribution in [0.15, 0.2) is 72.9 Å². The first kappa shape index (κ1) is 21.8. The van der Waals surface area contributed by atoms with E-state index in [9.17, 15) is 9.90 Å². The van der Waals surface area contributed by atoms with Crippen LogP contribution in [0.1, 0.15) is 29.0 Å². The van der Waals surface area contributed by atoms with Crippen LogP contribution in [-0.4, -0.2) is 42.2 Å². The molecule has 0 radical (unpaired) electrons. The Morgan fingerprint density at radius 3 is 2.78 bits per heavy atom. The molecule has 0 amide bonds. The molecule has 0 saturated carbocycles. The van der Waals surface area contributed by atoms with Crippen LogP contribution in [0, 0.1) is 0 Å². The van der Waals surface area contributed by atoms with E-state index >= 15 is 0 Å². The van der Waals surface area contributed by atoms with Gasteiger partial charge in [0.2, 0.25) is 0 Å². The number of hydrogen-bond donors (Lipinski definition) is 3. The molecule has 2 heterocycles. The van der Waals surface area contributed by atoms with E-state index in [4.69, 9.17) is 0 Å². The van der Waals surface area contributed by atoms with Gasteiger partial charge in [0.15, 0.2) is 0 Å². The first-order valence-electron chi connectivity index (χ1n) is 11.2. The highest BCUT2D eigenvalue weighted by molar-refractivity contribution is 5.68. The molecule has 1 atom stereocenters. The highest BCUT2D eigenvalue weighted by atomic mass is 16.4. The van der Waals surface area contributed by atoms with E-state index in [1.54, 1.807) is 6.20 Å². The summed E-state index contributed by atoms with van der Waals surface area (Å²) in [5.41, 5.74) is 4.81. The van der Waals surface area contributed by atoms with Crippen LogP contribution in [0.3, 0.4) is 0 Å². The van der Waals surface area contributed by atoms with Crippen molar-refractivity contribution in [2.24, 2.45) is 0 Å². The normalized spacial score (nSPS) is 15.6. The van der Waals surface area contributed by atoms with Crippen LogP contribution in [0.25, 0.3) is 0 Å². The van der Waals surface area contributed by atoms with Crippen molar-refractivity contribution in [1.29, 1.82) is 0 Å². The Kier molecular flexibility index (Phi) is 7.35. The highest BCUT2D eigenvalue weighted by Crippen LogP contribution is 2.31. The number of aromatic nitrogens is 1. The Bertz CT molecular complexity index is 1030. The van der Waals surface area contributed by atoms with Gasteiger partial charge in [-0.2, -0.15) is 0 Å². The number of carboxylic acids is 1. The number of nitrogens with zero attached hydrogens (tertiary/aromatic N) is 2. The Morgan fingerprint density at radius 2 is 1.94 bits per heavy atom. The van der Waals surface area contributed by atoms with Gasteiger partial charge in [0.25, 0.3) is 0 Å². The molecule has 6 heteroatoms. The van der Waals surface area contributed by atoms with Gasteiger partial charge in [-0.25, -0.2) is 4.98 Å². The maximum atomic E-state index is 11.5. The number of benzene rings is 2. The van der Waals surface area contributed by atoms with E-state index in [2.05, 4.69) is 56.9 Å². The minimum atomic E-state index is -0.746. The molecular formula is C26H30N4O2. The Labute approximate surface area is 189 Å². The number of pyridine rings is 1. The van der Waals surface area contributed by atoms with E-state index in [0.717, 1.165) is 44.1 Å². The maximum Gasteiger partial charge on any atom is 0.304 e. The summed E-state index contributed by atoms with van der Waals surface area (Å²) in [6.07, 6.45) is 2.86. The molecule has 3 aromatic rings. The third-order valence-electron chi connectivity index (χ3n) is 5.89. The number of nitrogens with one attached hydrogen (secondary N) is 2. The minimum absolute atomic E-state index is 0.00866. The lowest BCUT2D eigenvalue weighted by molar-refractivity contribution is -0.137. The maximum absolute atomic E-state index is 11.5. The Hall–Kier alpha value is -3.38. The number of carboxylic acid groups (broad SMARTS) is 1. The van der Waals surface area contributed by atoms with Gasteiger partial charge in [-0.05, 0) is 47.4 Å². The van der Waals surface area contributed by atoms with Crippen LogP contribution in [-0.2, 0) is 17.8 Å². The third-order valence-corrected chi connectivity index (χ3v) is 5.89. The van der Waals surface area contributed by atoms with Gasteiger partial charge in [-0.15, -0.1) is 0 Å². The predicted molar refractivity (Wildman–Crippen MR) is 128 cm³/mol. The van der Waals surface area contributed by atoms with Crippen molar-refractivity contribution in [3.8, 4) is 0 Å². The lowest BCUT2D eigenvalue weighted by atomic mass is 9.91. The first-order chi connectivity index (χ1) is 15.7. The summed E-state index contributed by atoms with van der Waals surface area (Å²) >= 11 is 0. The summed E-state index contributed by atoms with van der Waals surface area (Å²) in [5, 5.41) is 16.2. The summed E-state index contributed by atoms with van der Waals surface area (Å²) in [6, 6.07) is 22.7. The topological polar surface area (TPSA) is 77.5 Å². The zero-order valence-electron chi connectivity index (χ0n) is 18.2. The summed E-state index contributed by atoms with van der Waals surface area (Å²) in [6.45, 7) is 4.02. The number of rotatable bonds is 9. The zero-order chi connectivity index (χ0) is 22.2. The Balaban J connectivity index is 1.36. The molecule has 0 fully saturated rings. The molecule has 0 spiro atoms. The zero-order valence-corrected chi connectivity index (χ0v) is 18.2. The fourth-order valence-electron chi connectivity index (χ4n) is 4.33. The lowest BCUT2D eigenvalue weighted by Gasteiger charge is -2.27. The second-order valence-corrected chi connectivity index (χ2v) is 8.18. The van der Waals surface area contributed by atoms with Crippen molar-refractivity contribution in [3.05, 3.63) is 89.6 Å². The number of carbonyl (C=O) groups is 1. The van der Waals surface area contributed by atoms with Gasteiger partial charge in [0.05, 0.1) is 6.42 Å². The summed E-state index contributed by atoms with van der Waals surface area (Å²) in [4.78, 5) is 18.1. The molecule has 1 aliphatic rings. The number of anilines is 2. The molecule has 2 aromatic carbocycles. The molecular weight excluding hydrogens is 400 g/mol. The molecule has 32 heavy (non-hydrogen) atoms. The number of fused-ring (bicyclic) bond motifs is 1. The smallest absolute Gasteiger partial charge is 0.304 e. The molecule has 0 bridgehead atoms. The van der Waals surface area contributed by atoms with E-state index in [1.807, 2.05) is 30.3 Å². The summed E-state index contributed by atoms with van der Waals surface area (Å²) in [5.74, 6) is 0.129. The van der Waals surface area contributed by atoms with Crippen LogP contribution in [0.4, 0.5) is 11.5 Å². The van der Waals surface area contributed by atoms with Crippen LogP contribution < -0.4 is 15.5 Å². The fourth-order valence-corrected chi connectivity index (χ4v) is 4.33. The van der Waals surface area contributed by atoms with Crippen molar-refractivity contribution in [3.63, 3.8) is 0 Å². The largest absolute Gasteiger partial charge is 0.481 e. The summed E-state index contributed by atoms with van der Waals surface area (Å²) in [7, 11) is 0. The standard InChI is InChI=1S/C26H30N4O2/c31-26(32)17-22-19-30(15-11-21-7-1-2-9-24(21)22)23-8-5-6-20(16-23)18-27-13-14-29-25-10-3-4-12-28-25/h1-10,12,16,22,27H,11,13-15,17-19H2,(H,28,29)(H,31,32). The molecule has 1 aromatic heterocycles. The van der Waals surface area contributed by atoms with Gasteiger partial charge >= 0.3 is 5.97 Å². The SMILES string of the molecule is O=C(O)CC1CN(c2cccc(CNCCNc3ccccn3)c2)CCc2ccccc21. The van der Waals surface area contributed by atoms with Gasteiger partial charge in [0, 0.05) is 50.5 Å². The number of aliphatic carboxylic acids is 1. The van der Waals surface area contributed by atoms with Crippen LogP contribution in [0.2, 0.25) is 0 Å². The van der Waals surface area contributed by atoms with Crippen molar-refractivity contribution in [1.82, 2.24) is 10.3 Å². The predicted octanol–water partition coefficient (Wildman–Crippen LogP) is 3.90. The van der Waals surface area contributed by atoms with Gasteiger partial charge in [-0.1, -0.05) is 42.5 Å². The lowest BCUT2D eigenvalue weighted by Crippen LogP contribution is -2.29. The molecule has 3 N–H and O–H groups in total. The average molecular weight is 431 g/mol. The molecule has 6 nitrogen and oxygen atoms in total. The summed E-state index contributed by atoms with van der Waals surface area (Å²) < 4.78 is 0. The average Bonchev–Trinajstić information content (AvgIpc) is 2.99. The quantitative estimate of drug-likeness (QED) is 0.447. The van der Waals surface area contributed by atoms with Crippen molar-refractivity contribution >= 4 is 17.5 Å². The van der Waals surface area contributed by atoms with E-state index in [1.165, 1.54) is 16.7 Å². The molecule has 0 saturated heterocycles. The molecule has 0 aliphatic carbocycles. The van der Waals surface area contributed by atoms with Gasteiger partial charge < -0.3 is 20.6 Å². The first-order valence-corrected chi connectivity index (χ1v) is 11.2. The molecule has 4 rings (SSSR count). The highest BCUT2D eigenvalue weighted by Gasteiger charge is 2.25. The molecule has 1 unspecified atom stereocenters.